The molecule has 0 saturated carbocycles. The maximum absolute atomic E-state index is 13.3. The zero-order valence-electron chi connectivity index (χ0n) is 16.9. The molecule has 0 bridgehead atoms. The average Bonchev–Trinajstić information content (AvgIpc) is 3.36. The van der Waals surface area contributed by atoms with Crippen molar-refractivity contribution in [1.82, 2.24) is 19.3 Å². The van der Waals surface area contributed by atoms with Crippen molar-refractivity contribution in [2.24, 2.45) is 0 Å². The maximum atomic E-state index is 13.3. The molecule has 0 spiro atoms. The number of nitrogens with zero attached hydrogens (tertiary/aromatic N) is 4. The molecule has 2 aromatic heterocycles. The molecule has 5 rings (SSSR count). The van der Waals surface area contributed by atoms with Crippen molar-refractivity contribution < 1.29 is 4.79 Å². The molecule has 0 aliphatic carbocycles. The highest BCUT2D eigenvalue weighted by atomic mass is 35.5. The Balaban J connectivity index is 1.44. The summed E-state index contributed by atoms with van der Waals surface area (Å²) >= 11 is 13.4. The molecular weight excluding hydrogens is 469 g/mol. The number of amides is 1. The van der Waals surface area contributed by atoms with Gasteiger partial charge in [-0.1, -0.05) is 53.2 Å². The van der Waals surface area contributed by atoms with Crippen LogP contribution >= 0.6 is 35.0 Å². The zero-order chi connectivity index (χ0) is 22.4. The molecule has 10 heteroatoms. The molecule has 162 valence electrons. The van der Waals surface area contributed by atoms with E-state index in [0.717, 1.165) is 11.3 Å². The van der Waals surface area contributed by atoms with Gasteiger partial charge in [-0.2, -0.15) is 5.10 Å². The van der Waals surface area contributed by atoms with Crippen molar-refractivity contribution in [2.45, 2.75) is 24.5 Å². The van der Waals surface area contributed by atoms with E-state index in [0.29, 0.717) is 37.7 Å². The first-order valence-electron chi connectivity index (χ1n) is 9.86. The van der Waals surface area contributed by atoms with Gasteiger partial charge in [0.25, 0.3) is 5.56 Å². The number of anilines is 1. The van der Waals surface area contributed by atoms with E-state index in [1.807, 2.05) is 31.2 Å². The zero-order valence-corrected chi connectivity index (χ0v) is 19.2. The second-order valence-corrected chi connectivity index (χ2v) is 9.30. The third-order valence-electron chi connectivity index (χ3n) is 5.34. The van der Waals surface area contributed by atoms with E-state index in [1.54, 1.807) is 33.6 Å². The van der Waals surface area contributed by atoms with Crippen molar-refractivity contribution in [3.8, 4) is 5.69 Å². The van der Waals surface area contributed by atoms with E-state index in [9.17, 15) is 9.59 Å². The number of aromatic nitrogens is 4. The molecule has 1 N–H and O–H groups in total. The summed E-state index contributed by atoms with van der Waals surface area (Å²) in [7, 11) is 0. The number of aryl methyl sites for hydroxylation is 1. The third kappa shape index (κ3) is 3.68. The van der Waals surface area contributed by atoms with Crippen LogP contribution in [0.2, 0.25) is 10.0 Å². The lowest BCUT2D eigenvalue weighted by atomic mass is 10.2. The van der Waals surface area contributed by atoms with Gasteiger partial charge in [-0.05, 0) is 36.8 Å². The molecule has 3 heterocycles. The van der Waals surface area contributed by atoms with Crippen molar-refractivity contribution in [3.63, 3.8) is 0 Å². The SMILES string of the molecule is Cc1ccccc1-n1ncc2c(=O)n3c(nc21)SCC3CC(=O)Nc1ccc(Cl)c(Cl)c1. The first-order valence-corrected chi connectivity index (χ1v) is 11.6. The standard InChI is InChI=1S/C22H17Cl2N5O2S/c1-12-4-2-3-5-18(12)29-20-15(10-25-29)21(31)28-14(11-32-22(28)27-20)9-19(30)26-13-6-7-16(23)17(24)8-13/h2-8,10,14H,9,11H2,1H3,(H,26,30). The van der Waals surface area contributed by atoms with E-state index >= 15 is 0 Å². The fourth-order valence-electron chi connectivity index (χ4n) is 3.76. The van der Waals surface area contributed by atoms with Crippen molar-refractivity contribution in [3.05, 3.63) is 74.6 Å². The van der Waals surface area contributed by atoms with E-state index in [1.165, 1.54) is 11.8 Å². The molecule has 1 aliphatic rings. The lowest BCUT2D eigenvalue weighted by molar-refractivity contribution is -0.116. The fourth-order valence-corrected chi connectivity index (χ4v) is 5.19. The topological polar surface area (TPSA) is 81.8 Å². The number of hydrogen-bond acceptors (Lipinski definition) is 5. The largest absolute Gasteiger partial charge is 0.326 e. The first kappa shape index (κ1) is 21.1. The number of para-hydroxylation sites is 1. The van der Waals surface area contributed by atoms with Crippen LogP contribution in [0.1, 0.15) is 18.0 Å². The van der Waals surface area contributed by atoms with Crippen LogP contribution in [0.25, 0.3) is 16.7 Å². The number of fused-ring (bicyclic) bond motifs is 2. The number of rotatable bonds is 4. The molecule has 0 radical (unpaired) electrons. The highest BCUT2D eigenvalue weighted by molar-refractivity contribution is 7.99. The molecule has 4 aromatic rings. The third-order valence-corrected chi connectivity index (χ3v) is 7.18. The second-order valence-electron chi connectivity index (χ2n) is 7.50. The molecule has 1 unspecified atom stereocenters. The van der Waals surface area contributed by atoms with Crippen molar-refractivity contribution in [2.75, 3.05) is 11.1 Å². The molecular formula is C22H17Cl2N5O2S. The van der Waals surface area contributed by atoms with Gasteiger partial charge in [0, 0.05) is 17.9 Å². The minimum absolute atomic E-state index is 0.138. The van der Waals surface area contributed by atoms with Crippen LogP contribution in [-0.2, 0) is 4.79 Å². The summed E-state index contributed by atoms with van der Waals surface area (Å²) < 4.78 is 3.29. The Morgan fingerprint density at radius 3 is 2.81 bits per heavy atom. The molecule has 7 nitrogen and oxygen atoms in total. The molecule has 0 saturated heterocycles. The Morgan fingerprint density at radius 2 is 2.03 bits per heavy atom. The molecule has 1 aliphatic heterocycles. The van der Waals surface area contributed by atoms with Crippen molar-refractivity contribution in [1.29, 1.82) is 0 Å². The van der Waals surface area contributed by atoms with Crippen molar-refractivity contribution >= 4 is 57.6 Å². The Morgan fingerprint density at radius 1 is 1.22 bits per heavy atom. The smallest absolute Gasteiger partial charge is 0.265 e. The van der Waals surface area contributed by atoms with Crippen LogP contribution in [0.3, 0.4) is 0 Å². The Labute approximate surface area is 197 Å². The minimum Gasteiger partial charge on any atom is -0.326 e. The summed E-state index contributed by atoms with van der Waals surface area (Å²) in [6.07, 6.45) is 1.68. The second kappa shape index (κ2) is 8.27. The molecule has 2 aromatic carbocycles. The van der Waals surface area contributed by atoms with E-state index in [2.05, 4.69) is 10.4 Å². The van der Waals surface area contributed by atoms with E-state index in [4.69, 9.17) is 28.2 Å². The summed E-state index contributed by atoms with van der Waals surface area (Å²) in [5.41, 5.74) is 2.78. The van der Waals surface area contributed by atoms with Crippen LogP contribution in [0, 0.1) is 6.92 Å². The summed E-state index contributed by atoms with van der Waals surface area (Å²) in [6, 6.07) is 12.4. The number of thioether (sulfide) groups is 1. The van der Waals surface area contributed by atoms with E-state index < -0.39 is 0 Å². The van der Waals surface area contributed by atoms with Gasteiger partial charge in [0.15, 0.2) is 10.8 Å². The summed E-state index contributed by atoms with van der Waals surface area (Å²) in [5.74, 6) is 0.367. The average molecular weight is 486 g/mol. The van der Waals surface area contributed by atoms with Gasteiger partial charge < -0.3 is 5.32 Å². The molecule has 1 atom stereocenters. The van der Waals surface area contributed by atoms with Crippen LogP contribution in [0.5, 0.6) is 0 Å². The Kier molecular flexibility index (Phi) is 5.44. The summed E-state index contributed by atoms with van der Waals surface area (Å²) in [5, 5.41) is 9.02. The lowest BCUT2D eigenvalue weighted by Gasteiger charge is -2.14. The highest BCUT2D eigenvalue weighted by Crippen LogP contribution is 2.34. The van der Waals surface area contributed by atoms with Gasteiger partial charge in [-0.3, -0.25) is 14.2 Å². The number of carbonyl (C=O) groups excluding carboxylic acids is 1. The first-order chi connectivity index (χ1) is 15.4. The summed E-state index contributed by atoms with van der Waals surface area (Å²) in [4.78, 5) is 30.6. The number of benzene rings is 2. The van der Waals surface area contributed by atoms with Gasteiger partial charge in [0.05, 0.1) is 28.0 Å². The quantitative estimate of drug-likeness (QED) is 0.416. The van der Waals surface area contributed by atoms with E-state index in [-0.39, 0.29) is 23.9 Å². The highest BCUT2D eigenvalue weighted by Gasteiger charge is 2.29. The fraction of sp³-hybridized carbons (Fsp3) is 0.182. The van der Waals surface area contributed by atoms with Crippen LogP contribution in [-0.4, -0.2) is 31.0 Å². The van der Waals surface area contributed by atoms with Gasteiger partial charge in [-0.15, -0.1) is 0 Å². The molecule has 0 fully saturated rings. The monoisotopic (exact) mass is 485 g/mol. The molecule has 1 amide bonds. The number of carbonyl (C=O) groups is 1. The molecule has 32 heavy (non-hydrogen) atoms. The van der Waals surface area contributed by atoms with Gasteiger partial charge in [-0.25, -0.2) is 9.67 Å². The Bertz CT molecular complexity index is 1430. The normalized spacial score (nSPS) is 15.2. The van der Waals surface area contributed by atoms with Gasteiger partial charge in [0.2, 0.25) is 5.91 Å². The Hall–Kier alpha value is -2.81. The maximum Gasteiger partial charge on any atom is 0.265 e. The van der Waals surface area contributed by atoms with Gasteiger partial charge >= 0.3 is 0 Å². The lowest BCUT2D eigenvalue weighted by Crippen LogP contribution is -2.27. The predicted octanol–water partition coefficient (Wildman–Crippen LogP) is 4.87. The minimum atomic E-state index is -0.302. The van der Waals surface area contributed by atoms with Crippen LogP contribution < -0.4 is 10.9 Å². The predicted molar refractivity (Wildman–Crippen MR) is 127 cm³/mol. The van der Waals surface area contributed by atoms with Crippen LogP contribution in [0.15, 0.2) is 58.6 Å². The summed E-state index contributed by atoms with van der Waals surface area (Å²) in [6.45, 7) is 1.99. The van der Waals surface area contributed by atoms with Crippen LogP contribution in [0.4, 0.5) is 5.69 Å². The van der Waals surface area contributed by atoms with Gasteiger partial charge in [0.1, 0.15) is 5.39 Å². The number of halogens is 2. The number of nitrogens with one attached hydrogen (secondary N) is 1. The number of hydrogen-bond donors (Lipinski definition) is 1.